The normalized spacial score (nSPS) is 12.0. The second-order valence-electron chi connectivity index (χ2n) is 36.3. The Bertz CT molecular complexity index is 10600. The van der Waals surface area contributed by atoms with Gasteiger partial charge in [-0.25, -0.2) is 24.9 Å². The Labute approximate surface area is 799 Å². The van der Waals surface area contributed by atoms with E-state index in [0.717, 1.165) is 129 Å². The summed E-state index contributed by atoms with van der Waals surface area (Å²) in [6.07, 6.45) is 1.89. The summed E-state index contributed by atoms with van der Waals surface area (Å²) < 4.78 is 14.1. The first kappa shape index (κ1) is 78.4. The Morgan fingerprint density at radius 3 is 0.929 bits per heavy atom. The molecular weight excluding hydrogens is 1710 g/mol. The van der Waals surface area contributed by atoms with Gasteiger partial charge in [0.05, 0.1) is 105 Å². The third kappa shape index (κ3) is 12.2. The molecular formula is C128H78N12. The highest BCUT2D eigenvalue weighted by atomic mass is 15.1. The van der Waals surface area contributed by atoms with Crippen LogP contribution in [0.3, 0.4) is 0 Å². The van der Waals surface area contributed by atoms with Gasteiger partial charge in [-0.2, -0.15) is 0 Å². The highest BCUT2D eigenvalue weighted by Crippen LogP contribution is 2.48. The number of aromatic nitrogens is 12. The maximum absolute atomic E-state index is 5.39. The smallest absolute Gasteiger partial charge is 0.165 e. The fourth-order valence-electron chi connectivity index (χ4n) is 22.5. The maximum Gasteiger partial charge on any atom is 0.165 e. The molecule has 0 fully saturated rings. The minimum atomic E-state index is 0.816. The number of para-hydroxylation sites is 14. The highest BCUT2D eigenvalue weighted by Gasteiger charge is 2.28. The van der Waals surface area contributed by atoms with Crippen LogP contribution in [0.2, 0.25) is 0 Å². The van der Waals surface area contributed by atoms with Gasteiger partial charge in [0.2, 0.25) is 0 Å². The fraction of sp³-hybridized carbons (Fsp3) is 0. The van der Waals surface area contributed by atoms with Gasteiger partial charge in [0.25, 0.3) is 0 Å². The fourth-order valence-corrected chi connectivity index (χ4v) is 22.5. The Balaban J connectivity index is 0.000000101. The summed E-state index contributed by atoms with van der Waals surface area (Å²) in [7, 11) is 0. The van der Waals surface area contributed by atoms with Crippen molar-refractivity contribution >= 4 is 218 Å². The first-order valence-corrected chi connectivity index (χ1v) is 47.5. The number of nitrogens with zero attached hydrogens (tertiary/aromatic N) is 12. The molecule has 0 saturated heterocycles. The monoisotopic (exact) mass is 1780 g/mol. The quantitative estimate of drug-likeness (QED) is 0.140. The van der Waals surface area contributed by atoms with Crippen LogP contribution in [0.1, 0.15) is 0 Å². The van der Waals surface area contributed by atoms with E-state index in [2.05, 4.69) is 440 Å². The summed E-state index contributed by atoms with van der Waals surface area (Å²) in [5.74, 6) is 2.47. The van der Waals surface area contributed by atoms with Crippen LogP contribution in [0, 0.1) is 0 Å². The lowest BCUT2D eigenvalue weighted by atomic mass is 9.94. The molecule has 0 radical (unpaired) electrons. The van der Waals surface area contributed by atoms with Crippen molar-refractivity contribution in [1.82, 2.24) is 57.3 Å². The second kappa shape index (κ2) is 31.3. The van der Waals surface area contributed by atoms with Gasteiger partial charge < -0.3 is 13.7 Å². The highest BCUT2D eigenvalue weighted by molar-refractivity contribution is 6.27. The summed E-state index contributed by atoms with van der Waals surface area (Å²) >= 11 is 0. The van der Waals surface area contributed by atoms with Crippen LogP contribution in [-0.4, -0.2) is 57.3 Å². The van der Waals surface area contributed by atoms with Crippen molar-refractivity contribution in [3.05, 3.63) is 473 Å². The van der Waals surface area contributed by atoms with Crippen molar-refractivity contribution in [2.45, 2.75) is 0 Å². The first-order chi connectivity index (χ1) is 69.5. The van der Waals surface area contributed by atoms with Gasteiger partial charge in [0, 0.05) is 92.8 Å². The molecule has 650 valence electrons. The molecule has 0 N–H and O–H groups in total. The largest absolute Gasteiger partial charge is 0.309 e. The third-order valence-electron chi connectivity index (χ3n) is 28.7. The van der Waals surface area contributed by atoms with E-state index in [1.165, 1.54) is 146 Å². The van der Waals surface area contributed by atoms with Crippen LogP contribution in [0.25, 0.3) is 275 Å². The molecule has 12 heteroatoms. The van der Waals surface area contributed by atoms with Crippen molar-refractivity contribution in [1.29, 1.82) is 0 Å². The van der Waals surface area contributed by atoms with Gasteiger partial charge in [-0.3, -0.25) is 18.7 Å². The Kier molecular flexibility index (Phi) is 17.5. The molecule has 0 atom stereocenters. The van der Waals surface area contributed by atoms with E-state index in [1.807, 2.05) is 60.8 Å². The number of hydrogen-bond acceptors (Lipinski definition) is 6. The van der Waals surface area contributed by atoms with Crippen molar-refractivity contribution in [2.75, 3.05) is 0 Å². The van der Waals surface area contributed by atoms with Crippen molar-refractivity contribution < 1.29 is 0 Å². The van der Waals surface area contributed by atoms with Crippen LogP contribution in [-0.2, 0) is 0 Å². The molecule has 31 rings (SSSR count). The van der Waals surface area contributed by atoms with E-state index in [1.54, 1.807) is 0 Å². The topological polar surface area (TPSA) is 107 Å². The molecule has 0 unspecified atom stereocenters. The van der Waals surface area contributed by atoms with Crippen LogP contribution in [0.15, 0.2) is 473 Å². The molecule has 0 aliphatic rings. The molecule has 9 aromatic heterocycles. The van der Waals surface area contributed by atoms with Crippen molar-refractivity contribution in [2.24, 2.45) is 0 Å². The summed E-state index contributed by atoms with van der Waals surface area (Å²) in [5.41, 5.74) is 26.3. The SMILES string of the molecule is c1ccc(-n2c3ccccc3c3cc4c(cc32)c2ccccc2n4-c2nc3ccccc3nc2-c2ccc3ccccc3c2)cc1.c1ccc(-n2c3ccccc3c3cc4c(cc32)c2ccccc2n4-c2nc3ccccc3nc2-c2cccc3ccccc23)cc1.c1ccc2nc(-n3c4ccccc4c4cc5c(cc43)c3ccccc3n5-c3ccc4c5ccccc5c5ccccc5c4c3)cnc2c1. The van der Waals surface area contributed by atoms with E-state index in [9.17, 15) is 0 Å². The van der Waals surface area contributed by atoms with E-state index in [0.29, 0.717) is 0 Å². The molecule has 140 heavy (non-hydrogen) atoms. The molecule has 0 bridgehead atoms. The maximum atomic E-state index is 5.39. The number of benzene rings is 22. The van der Waals surface area contributed by atoms with E-state index in [-0.39, 0.29) is 0 Å². The minimum Gasteiger partial charge on any atom is -0.309 e. The van der Waals surface area contributed by atoms with Gasteiger partial charge in [-0.15, -0.1) is 0 Å². The molecule has 0 saturated carbocycles. The van der Waals surface area contributed by atoms with Crippen LogP contribution in [0.4, 0.5) is 0 Å². The van der Waals surface area contributed by atoms with E-state index >= 15 is 0 Å². The van der Waals surface area contributed by atoms with Crippen molar-refractivity contribution in [3.8, 4) is 57.0 Å². The lowest BCUT2D eigenvalue weighted by molar-refractivity contribution is 1.08. The predicted octanol–water partition coefficient (Wildman–Crippen LogP) is 32.6. The zero-order valence-corrected chi connectivity index (χ0v) is 75.4. The van der Waals surface area contributed by atoms with Gasteiger partial charge in [0.15, 0.2) is 17.5 Å². The van der Waals surface area contributed by atoms with Crippen molar-refractivity contribution in [3.63, 3.8) is 0 Å². The molecule has 0 aliphatic heterocycles. The van der Waals surface area contributed by atoms with Crippen LogP contribution < -0.4 is 0 Å². The first-order valence-electron chi connectivity index (χ1n) is 47.5. The summed E-state index contributed by atoms with van der Waals surface area (Å²) in [6, 6.07) is 166. The average Bonchev–Trinajstić information content (AvgIpc) is 1.58. The average molecular weight is 1780 g/mol. The lowest BCUT2D eigenvalue weighted by Crippen LogP contribution is -2.04. The molecule has 0 spiro atoms. The van der Waals surface area contributed by atoms with Gasteiger partial charge >= 0.3 is 0 Å². The molecule has 22 aromatic carbocycles. The molecule has 9 heterocycles. The molecule has 0 amide bonds. The molecule has 0 aliphatic carbocycles. The molecule has 31 aromatic rings. The zero-order chi connectivity index (χ0) is 91.7. The number of fused-ring (bicyclic) bond motifs is 29. The van der Waals surface area contributed by atoms with Crippen LogP contribution in [0.5, 0.6) is 0 Å². The predicted molar refractivity (Wildman–Crippen MR) is 583 cm³/mol. The second-order valence-corrected chi connectivity index (χ2v) is 36.3. The minimum absolute atomic E-state index is 0.816. The number of hydrogen-bond donors (Lipinski definition) is 0. The standard InChI is InChI=1S/C44H26N4.2C42H26N4/c1-2-13-30-28(11-1)29-12-3-4-14-31(29)35-23-27(21-22-32(30)35)47-40-19-9-5-15-33(40)36-25-43-37(24-42(36)47)34-16-6-10-20-41(34)48(43)44-26-45-38-17-7-8-18-39(38)46-44;1-2-15-28(16-3-1)45-37-23-10-6-18-30(37)33-26-40-34(25-39(33)45)31-19-7-11-24-38(31)46(40)42-41(43-35-21-8-9-22-36(35)44-42)32-20-12-14-27-13-4-5-17-29(27)32;1-2-14-30(15-3-1)45-37-20-10-6-16-31(37)33-26-40-34(25-39(33)45)32-17-7-11-21-38(32)46(40)42-41(43-35-18-8-9-19-36(35)44-42)29-23-22-27-12-4-5-13-28(27)24-29/h1-26H;2*1-26H. The Hall–Kier alpha value is -19.0. The summed E-state index contributed by atoms with van der Waals surface area (Å²) in [5, 5.41) is 26.8. The van der Waals surface area contributed by atoms with Gasteiger partial charge in [-0.1, -0.05) is 315 Å². The Morgan fingerprint density at radius 1 is 0.150 bits per heavy atom. The lowest BCUT2D eigenvalue weighted by Gasteiger charge is -2.15. The van der Waals surface area contributed by atoms with E-state index in [4.69, 9.17) is 29.9 Å². The van der Waals surface area contributed by atoms with E-state index < -0.39 is 0 Å². The van der Waals surface area contributed by atoms with Crippen LogP contribution >= 0.6 is 0 Å². The van der Waals surface area contributed by atoms with Gasteiger partial charge in [0.1, 0.15) is 11.4 Å². The Morgan fingerprint density at radius 2 is 0.464 bits per heavy atom. The summed E-state index contributed by atoms with van der Waals surface area (Å²) in [4.78, 5) is 31.2. The zero-order valence-electron chi connectivity index (χ0n) is 75.4. The van der Waals surface area contributed by atoms with Gasteiger partial charge in [-0.05, 0) is 206 Å². The third-order valence-corrected chi connectivity index (χ3v) is 28.7. The molecule has 12 nitrogen and oxygen atoms in total. The summed E-state index contributed by atoms with van der Waals surface area (Å²) in [6.45, 7) is 0. The number of rotatable bonds is 8.